The molecule has 180 valence electrons. The van der Waals surface area contributed by atoms with Crippen LogP contribution in [0.25, 0.3) is 0 Å². The Balaban J connectivity index is 1.96. The Kier molecular flexibility index (Phi) is 6.72. The molecule has 0 aliphatic heterocycles. The molecule has 3 aromatic rings. The second-order valence-corrected chi connectivity index (χ2v) is 10.0. The van der Waals surface area contributed by atoms with Crippen LogP contribution < -0.4 is 15.2 Å². The summed E-state index contributed by atoms with van der Waals surface area (Å²) in [6, 6.07) is 12.2. The summed E-state index contributed by atoms with van der Waals surface area (Å²) in [5.74, 6) is -0.527. The van der Waals surface area contributed by atoms with Gasteiger partial charge in [0.05, 0.1) is 16.7 Å². The van der Waals surface area contributed by atoms with Crippen molar-refractivity contribution < 1.29 is 31.1 Å². The lowest BCUT2D eigenvalue weighted by atomic mass is 9.86. The number of alkyl halides is 3. The Bertz CT molecular complexity index is 1320. The van der Waals surface area contributed by atoms with Crippen molar-refractivity contribution in [1.82, 2.24) is 4.98 Å². The fourth-order valence-corrected chi connectivity index (χ4v) is 3.50. The van der Waals surface area contributed by atoms with E-state index in [2.05, 4.69) is 10.3 Å². The van der Waals surface area contributed by atoms with Gasteiger partial charge in [-0.25, -0.2) is 18.5 Å². The number of ether oxygens (including phenoxy) is 1. The van der Waals surface area contributed by atoms with Gasteiger partial charge < -0.3 is 10.1 Å². The highest BCUT2D eigenvalue weighted by Crippen LogP contribution is 2.33. The van der Waals surface area contributed by atoms with E-state index in [9.17, 15) is 26.4 Å². The van der Waals surface area contributed by atoms with E-state index >= 15 is 0 Å². The minimum Gasteiger partial charge on any atom is -0.455 e. The molecular formula is C23H22F3N3O4S. The standard InChI is InChI=1S/C23H22F3N3O4S/c1-22(2,3)14-7-9-18(21(30)29-15-5-4-6-17(12-15)34(27,31)32)19(11-14)33-16-8-10-20(28-13-16)23(24,25)26/h4-13H,1-3H3,(H,29,30)(H2,27,31,32). The van der Waals surface area contributed by atoms with Crippen molar-refractivity contribution in [2.45, 2.75) is 37.3 Å². The van der Waals surface area contributed by atoms with Crippen LogP contribution in [-0.2, 0) is 21.6 Å². The number of amides is 1. The zero-order valence-corrected chi connectivity index (χ0v) is 19.3. The Labute approximate surface area is 194 Å². The van der Waals surface area contributed by atoms with Gasteiger partial charge in [-0.15, -0.1) is 0 Å². The van der Waals surface area contributed by atoms with E-state index < -0.39 is 27.8 Å². The maximum Gasteiger partial charge on any atom is 0.433 e. The van der Waals surface area contributed by atoms with Gasteiger partial charge in [0.15, 0.2) is 0 Å². The predicted molar refractivity (Wildman–Crippen MR) is 120 cm³/mol. The van der Waals surface area contributed by atoms with Crippen molar-refractivity contribution in [3.63, 3.8) is 0 Å². The number of rotatable bonds is 5. The molecular weight excluding hydrogens is 471 g/mol. The first-order valence-electron chi connectivity index (χ1n) is 9.94. The summed E-state index contributed by atoms with van der Waals surface area (Å²) >= 11 is 0. The maximum atomic E-state index is 13.0. The average Bonchev–Trinajstić information content (AvgIpc) is 2.72. The summed E-state index contributed by atoms with van der Waals surface area (Å²) < 4.78 is 67.3. The number of sulfonamides is 1. The molecule has 2 aromatic carbocycles. The third-order valence-corrected chi connectivity index (χ3v) is 5.68. The summed E-state index contributed by atoms with van der Waals surface area (Å²) in [4.78, 5) is 16.2. The molecule has 3 rings (SSSR count). The molecule has 0 bridgehead atoms. The molecule has 1 heterocycles. The van der Waals surface area contributed by atoms with Gasteiger partial charge in [0.25, 0.3) is 5.91 Å². The summed E-state index contributed by atoms with van der Waals surface area (Å²) in [7, 11) is -3.97. The number of benzene rings is 2. The van der Waals surface area contributed by atoms with Crippen LogP contribution in [0.5, 0.6) is 11.5 Å². The van der Waals surface area contributed by atoms with Gasteiger partial charge in [-0.3, -0.25) is 4.79 Å². The number of carbonyl (C=O) groups is 1. The zero-order chi connectivity index (χ0) is 25.3. The highest BCUT2D eigenvalue weighted by Gasteiger charge is 2.32. The number of pyridine rings is 1. The summed E-state index contributed by atoms with van der Waals surface area (Å²) in [5, 5.41) is 7.72. The van der Waals surface area contributed by atoms with Gasteiger partial charge >= 0.3 is 6.18 Å². The number of nitrogens with one attached hydrogen (secondary N) is 1. The van der Waals surface area contributed by atoms with E-state index in [4.69, 9.17) is 9.88 Å². The number of hydrogen-bond acceptors (Lipinski definition) is 5. The highest BCUT2D eigenvalue weighted by atomic mass is 32.2. The molecule has 1 amide bonds. The number of primary sulfonamides is 1. The van der Waals surface area contributed by atoms with E-state index in [0.717, 1.165) is 23.9 Å². The number of hydrogen-bond donors (Lipinski definition) is 2. The van der Waals surface area contributed by atoms with Crippen molar-refractivity contribution in [2.75, 3.05) is 5.32 Å². The van der Waals surface area contributed by atoms with Crippen LogP contribution >= 0.6 is 0 Å². The molecule has 7 nitrogen and oxygen atoms in total. The fraction of sp³-hybridized carbons (Fsp3) is 0.217. The van der Waals surface area contributed by atoms with Crippen molar-refractivity contribution >= 4 is 21.6 Å². The molecule has 34 heavy (non-hydrogen) atoms. The molecule has 0 spiro atoms. The molecule has 0 saturated heterocycles. The largest absolute Gasteiger partial charge is 0.455 e. The molecule has 3 N–H and O–H groups in total. The smallest absolute Gasteiger partial charge is 0.433 e. The molecule has 0 aliphatic carbocycles. The quantitative estimate of drug-likeness (QED) is 0.514. The van der Waals surface area contributed by atoms with Crippen LogP contribution in [0.4, 0.5) is 18.9 Å². The minimum absolute atomic E-state index is 0.00401. The van der Waals surface area contributed by atoms with E-state index in [0.29, 0.717) is 0 Å². The van der Waals surface area contributed by atoms with Gasteiger partial charge in [0.2, 0.25) is 10.0 Å². The number of aromatic nitrogens is 1. The number of anilines is 1. The van der Waals surface area contributed by atoms with Crippen molar-refractivity contribution in [1.29, 1.82) is 0 Å². The van der Waals surface area contributed by atoms with Crippen LogP contribution in [0, 0.1) is 0 Å². The van der Waals surface area contributed by atoms with Crippen LogP contribution in [0.15, 0.2) is 65.7 Å². The van der Waals surface area contributed by atoms with Crippen molar-refractivity contribution in [3.8, 4) is 11.5 Å². The SMILES string of the molecule is CC(C)(C)c1ccc(C(=O)Nc2cccc(S(N)(=O)=O)c2)c(Oc2ccc(C(F)(F)F)nc2)c1. The van der Waals surface area contributed by atoms with E-state index in [1.54, 1.807) is 12.1 Å². The molecule has 11 heteroatoms. The van der Waals surface area contributed by atoms with Gasteiger partial charge in [-0.2, -0.15) is 13.2 Å². The zero-order valence-electron chi connectivity index (χ0n) is 18.5. The minimum atomic E-state index is -4.60. The topological polar surface area (TPSA) is 111 Å². The first-order chi connectivity index (χ1) is 15.6. The lowest BCUT2D eigenvalue weighted by Gasteiger charge is -2.21. The van der Waals surface area contributed by atoms with Crippen molar-refractivity contribution in [3.05, 3.63) is 77.6 Å². The summed E-state index contributed by atoms with van der Waals surface area (Å²) in [5.41, 5.74) is -0.311. The fourth-order valence-electron chi connectivity index (χ4n) is 2.95. The molecule has 0 atom stereocenters. The Morgan fingerprint density at radius 1 is 1.03 bits per heavy atom. The molecule has 0 fully saturated rings. The molecule has 0 aliphatic rings. The van der Waals surface area contributed by atoms with Crippen LogP contribution in [0.3, 0.4) is 0 Å². The van der Waals surface area contributed by atoms with Gasteiger partial charge in [-0.05, 0) is 53.4 Å². The van der Waals surface area contributed by atoms with E-state index in [1.807, 2.05) is 20.8 Å². The first-order valence-corrected chi connectivity index (χ1v) is 11.5. The summed E-state index contributed by atoms with van der Waals surface area (Å²) in [6.07, 6.45) is -3.68. The second kappa shape index (κ2) is 9.07. The van der Waals surface area contributed by atoms with Gasteiger partial charge in [0, 0.05) is 5.69 Å². The lowest BCUT2D eigenvalue weighted by molar-refractivity contribution is -0.141. The number of carbonyl (C=O) groups excluding carboxylic acids is 1. The Hall–Kier alpha value is -3.44. The molecule has 1 aromatic heterocycles. The third-order valence-electron chi connectivity index (χ3n) is 4.77. The third kappa shape index (κ3) is 6.12. The Morgan fingerprint density at radius 3 is 2.29 bits per heavy atom. The van der Waals surface area contributed by atoms with Crippen molar-refractivity contribution in [2.24, 2.45) is 5.14 Å². The monoisotopic (exact) mass is 493 g/mol. The second-order valence-electron chi connectivity index (χ2n) is 8.47. The lowest BCUT2D eigenvalue weighted by Crippen LogP contribution is -2.17. The van der Waals surface area contributed by atoms with Crippen LogP contribution in [0.2, 0.25) is 0 Å². The number of halogens is 3. The van der Waals surface area contributed by atoms with E-state index in [1.165, 1.54) is 30.3 Å². The first kappa shape index (κ1) is 25.2. The molecule has 0 unspecified atom stereocenters. The molecule has 0 saturated carbocycles. The number of nitrogens with two attached hydrogens (primary N) is 1. The van der Waals surface area contributed by atoms with Crippen LogP contribution in [0.1, 0.15) is 42.4 Å². The van der Waals surface area contributed by atoms with Gasteiger partial charge in [0.1, 0.15) is 17.2 Å². The Morgan fingerprint density at radius 2 is 1.74 bits per heavy atom. The predicted octanol–water partition coefficient (Wildman–Crippen LogP) is 5.09. The average molecular weight is 494 g/mol. The van der Waals surface area contributed by atoms with Gasteiger partial charge in [-0.1, -0.05) is 32.9 Å². The molecule has 0 radical (unpaired) electrons. The summed E-state index contributed by atoms with van der Waals surface area (Å²) in [6.45, 7) is 5.85. The maximum absolute atomic E-state index is 13.0. The van der Waals surface area contributed by atoms with Crippen LogP contribution in [-0.4, -0.2) is 19.3 Å². The number of nitrogens with zero attached hydrogens (tertiary/aromatic N) is 1. The normalized spacial score (nSPS) is 12.3. The van der Waals surface area contributed by atoms with E-state index in [-0.39, 0.29) is 33.1 Å². The highest BCUT2D eigenvalue weighted by molar-refractivity contribution is 7.89.